The van der Waals surface area contributed by atoms with Crippen LogP contribution in [0.1, 0.15) is 74.4 Å². The smallest absolute Gasteiger partial charge is 0.417 e. The number of hydrogen-bond acceptors (Lipinski definition) is 5. The summed E-state index contributed by atoms with van der Waals surface area (Å²) >= 11 is 0. The Hall–Kier alpha value is -3.83. The molecule has 0 aliphatic heterocycles. The van der Waals surface area contributed by atoms with Crippen molar-refractivity contribution in [3.63, 3.8) is 0 Å². The summed E-state index contributed by atoms with van der Waals surface area (Å²) in [5.74, 6) is 0.575. The molecule has 2 aliphatic rings. The van der Waals surface area contributed by atoms with Crippen LogP contribution in [0.5, 0.6) is 11.8 Å². The summed E-state index contributed by atoms with van der Waals surface area (Å²) in [6, 6.07) is 6.18. The van der Waals surface area contributed by atoms with Gasteiger partial charge in [-0.3, -0.25) is 4.79 Å². The van der Waals surface area contributed by atoms with Crippen LogP contribution >= 0.6 is 0 Å². The highest BCUT2D eigenvalue weighted by Gasteiger charge is 2.45. The lowest BCUT2D eigenvalue weighted by Gasteiger charge is -2.23. The highest BCUT2D eigenvalue weighted by atomic mass is 19.4. The summed E-state index contributed by atoms with van der Waals surface area (Å²) < 4.78 is 93.8. The standard InChI is InChI=1S/C29H28F6N2O2.C2H6.CH2O2/c1-15-19(4-5-25(37-15)38-7-6-28(2,3)27(31)32)21-10-18(24(30)12-23(21)29(33,34)35)14-39-26-11-17-8-16-9-20(16)22(17)13-36-26;1-2;2-1-3/h4-5,10-13,16,20,27H,6-9,14H2,1-3H3;1-2H3;1H,(H,2,3). The van der Waals surface area contributed by atoms with Crippen molar-refractivity contribution in [2.45, 2.75) is 79.0 Å². The van der Waals surface area contributed by atoms with Crippen molar-refractivity contribution >= 4 is 6.47 Å². The van der Waals surface area contributed by atoms with Crippen LogP contribution in [0.3, 0.4) is 0 Å². The zero-order chi connectivity index (χ0) is 32.8. The minimum absolute atomic E-state index is 0.0347. The number of alkyl halides is 5. The van der Waals surface area contributed by atoms with Gasteiger partial charge >= 0.3 is 6.18 Å². The maximum absolute atomic E-state index is 14.8. The fraction of sp³-hybridized carbons (Fsp3) is 0.469. The molecule has 1 fully saturated rings. The number of benzene rings is 1. The van der Waals surface area contributed by atoms with Crippen LogP contribution < -0.4 is 9.47 Å². The molecule has 2 unspecified atom stereocenters. The highest BCUT2D eigenvalue weighted by molar-refractivity contribution is 5.71. The van der Waals surface area contributed by atoms with Crippen molar-refractivity contribution in [1.29, 1.82) is 0 Å². The topological polar surface area (TPSA) is 81.5 Å². The number of rotatable bonds is 9. The van der Waals surface area contributed by atoms with E-state index in [1.165, 1.54) is 44.9 Å². The van der Waals surface area contributed by atoms with E-state index in [0.29, 0.717) is 23.8 Å². The van der Waals surface area contributed by atoms with E-state index >= 15 is 0 Å². The van der Waals surface area contributed by atoms with Crippen LogP contribution in [-0.4, -0.2) is 34.6 Å². The monoisotopic (exact) mass is 626 g/mol. The van der Waals surface area contributed by atoms with Crippen molar-refractivity contribution in [3.8, 4) is 22.9 Å². The van der Waals surface area contributed by atoms with Gasteiger partial charge < -0.3 is 14.6 Å². The SMILES string of the molecule is CC.Cc1nc(OCCC(C)(C)C(F)F)ccc1-c1cc(COc2cc3c(cn2)C2CC2C3)c(F)cc1C(F)(F)F.O=CO. The number of halogens is 6. The van der Waals surface area contributed by atoms with Gasteiger partial charge in [0.1, 0.15) is 12.4 Å². The lowest BCUT2D eigenvalue weighted by molar-refractivity contribution is -0.137. The van der Waals surface area contributed by atoms with Gasteiger partial charge in [-0.15, -0.1) is 0 Å². The predicted molar refractivity (Wildman–Crippen MR) is 152 cm³/mol. The fourth-order valence-corrected chi connectivity index (χ4v) is 4.98. The first-order valence-electron chi connectivity index (χ1n) is 14.2. The maximum atomic E-state index is 14.8. The van der Waals surface area contributed by atoms with Crippen LogP contribution in [0.2, 0.25) is 0 Å². The average molecular weight is 627 g/mol. The van der Waals surface area contributed by atoms with Crippen molar-refractivity contribution in [3.05, 3.63) is 70.3 Å². The Morgan fingerprint density at radius 1 is 1.07 bits per heavy atom. The van der Waals surface area contributed by atoms with Crippen LogP contribution in [0.25, 0.3) is 11.1 Å². The minimum Gasteiger partial charge on any atom is -0.483 e. The molecule has 0 bridgehead atoms. The number of carbonyl (C=O) groups is 1. The molecule has 6 nitrogen and oxygen atoms in total. The van der Waals surface area contributed by atoms with E-state index in [9.17, 15) is 26.3 Å². The van der Waals surface area contributed by atoms with E-state index in [1.807, 2.05) is 19.9 Å². The Kier molecular flexibility index (Phi) is 11.3. The summed E-state index contributed by atoms with van der Waals surface area (Å²) in [6.07, 6.45) is -3.39. The van der Waals surface area contributed by atoms with Crippen molar-refractivity contribution in [1.82, 2.24) is 9.97 Å². The third-order valence-electron chi connectivity index (χ3n) is 7.61. The van der Waals surface area contributed by atoms with Crippen LogP contribution in [0.4, 0.5) is 26.3 Å². The van der Waals surface area contributed by atoms with E-state index < -0.39 is 29.4 Å². The molecule has 0 radical (unpaired) electrons. The second-order valence-corrected chi connectivity index (χ2v) is 11.1. The Morgan fingerprint density at radius 3 is 2.36 bits per heavy atom. The van der Waals surface area contributed by atoms with E-state index in [2.05, 4.69) is 9.97 Å². The first-order valence-corrected chi connectivity index (χ1v) is 14.2. The quantitative estimate of drug-likeness (QED) is 0.189. The van der Waals surface area contributed by atoms with Crippen molar-refractivity contribution < 1.29 is 45.7 Å². The second-order valence-electron chi connectivity index (χ2n) is 11.1. The van der Waals surface area contributed by atoms with Gasteiger partial charge in [0.15, 0.2) is 0 Å². The average Bonchev–Trinajstić information content (AvgIpc) is 3.63. The zero-order valence-electron chi connectivity index (χ0n) is 25.1. The third-order valence-corrected chi connectivity index (χ3v) is 7.61. The molecule has 5 rings (SSSR count). The van der Waals surface area contributed by atoms with E-state index in [1.54, 1.807) is 6.20 Å². The van der Waals surface area contributed by atoms with Crippen LogP contribution in [0.15, 0.2) is 36.5 Å². The van der Waals surface area contributed by atoms with Gasteiger partial charge in [0.2, 0.25) is 18.2 Å². The number of aryl methyl sites for hydroxylation is 1. The summed E-state index contributed by atoms with van der Waals surface area (Å²) in [7, 11) is 0. The van der Waals surface area contributed by atoms with Gasteiger partial charge in [-0.25, -0.2) is 23.1 Å². The van der Waals surface area contributed by atoms with Gasteiger partial charge in [-0.2, -0.15) is 13.2 Å². The molecule has 2 heterocycles. The summed E-state index contributed by atoms with van der Waals surface area (Å²) in [6.45, 7) is 7.75. The molecule has 1 aromatic carbocycles. The predicted octanol–water partition coefficient (Wildman–Crippen LogP) is 8.64. The van der Waals surface area contributed by atoms with E-state index in [4.69, 9.17) is 19.4 Å². The minimum atomic E-state index is -4.82. The van der Waals surface area contributed by atoms with Gasteiger partial charge in [0.25, 0.3) is 6.47 Å². The summed E-state index contributed by atoms with van der Waals surface area (Å²) in [5, 5.41) is 6.89. The molecule has 2 aliphatic carbocycles. The number of pyridine rings is 2. The van der Waals surface area contributed by atoms with Gasteiger partial charge in [-0.1, -0.05) is 27.7 Å². The number of aromatic nitrogens is 2. The zero-order valence-corrected chi connectivity index (χ0v) is 25.1. The molecule has 1 N–H and O–H groups in total. The number of nitrogens with zero attached hydrogens (tertiary/aromatic N) is 2. The molecule has 2 atom stereocenters. The molecular formula is C32H36F6N2O4. The number of ether oxygens (including phenoxy) is 2. The first-order chi connectivity index (χ1) is 20.7. The van der Waals surface area contributed by atoms with Gasteiger partial charge in [0.05, 0.1) is 12.2 Å². The lowest BCUT2D eigenvalue weighted by Crippen LogP contribution is -2.24. The molecule has 240 valence electrons. The molecule has 0 saturated heterocycles. The molecule has 3 aromatic rings. The molecule has 44 heavy (non-hydrogen) atoms. The van der Waals surface area contributed by atoms with Crippen molar-refractivity contribution in [2.24, 2.45) is 11.3 Å². The summed E-state index contributed by atoms with van der Waals surface area (Å²) in [4.78, 5) is 16.9. The van der Waals surface area contributed by atoms with Crippen LogP contribution in [0, 0.1) is 24.1 Å². The number of fused-ring (bicyclic) bond motifs is 3. The molecule has 0 amide bonds. The number of carboxylic acid groups (broad SMARTS) is 1. The molecular weight excluding hydrogens is 590 g/mol. The molecule has 12 heteroatoms. The van der Waals surface area contributed by atoms with Gasteiger partial charge in [-0.05, 0) is 72.9 Å². The second kappa shape index (κ2) is 14.3. The molecule has 1 saturated carbocycles. The Balaban J connectivity index is 0.000000997. The van der Waals surface area contributed by atoms with Crippen molar-refractivity contribution in [2.75, 3.05) is 6.61 Å². The fourth-order valence-electron chi connectivity index (χ4n) is 4.98. The van der Waals surface area contributed by atoms with E-state index in [0.717, 1.165) is 18.1 Å². The molecule has 0 spiro atoms. The lowest BCUT2D eigenvalue weighted by atomic mass is 9.90. The maximum Gasteiger partial charge on any atom is 0.417 e. The largest absolute Gasteiger partial charge is 0.483 e. The van der Waals surface area contributed by atoms with Crippen LogP contribution in [-0.2, 0) is 24.0 Å². The molecule has 2 aromatic heterocycles. The Labute approximate surface area is 252 Å². The Bertz CT molecular complexity index is 1440. The normalized spacial score (nSPS) is 16.5. The summed E-state index contributed by atoms with van der Waals surface area (Å²) in [5.41, 5.74) is 0.00822. The number of hydrogen-bond donors (Lipinski definition) is 1. The van der Waals surface area contributed by atoms with Gasteiger partial charge in [0, 0.05) is 40.6 Å². The van der Waals surface area contributed by atoms with E-state index in [-0.39, 0.29) is 54.4 Å². The first kappa shape index (κ1) is 34.7. The highest BCUT2D eigenvalue weighted by Crippen LogP contribution is 2.56. The third kappa shape index (κ3) is 8.21. The Morgan fingerprint density at radius 2 is 1.75 bits per heavy atom.